The monoisotopic (exact) mass is 366 g/mol. The van der Waals surface area contributed by atoms with E-state index in [9.17, 15) is 9.59 Å². The van der Waals surface area contributed by atoms with Crippen LogP contribution in [0.15, 0.2) is 12.7 Å². The third-order valence-corrected chi connectivity index (χ3v) is 4.67. The summed E-state index contributed by atoms with van der Waals surface area (Å²) in [5.41, 5.74) is 0. The van der Waals surface area contributed by atoms with Crippen molar-refractivity contribution in [2.24, 2.45) is 0 Å². The third-order valence-electron chi connectivity index (χ3n) is 4.67. The standard InChI is InChI=1S/C22H42N2O2/c1-3-5-6-7-8-9-10-11-12-13-14-15-16-17-18-19-21(25)24-22(26)23-20-4-2/h4H,2-3,5-20H2,1H3,(H2,23,24,25,26). The van der Waals surface area contributed by atoms with Gasteiger partial charge in [-0.2, -0.15) is 0 Å². The Morgan fingerprint density at radius 3 is 1.58 bits per heavy atom. The van der Waals surface area contributed by atoms with Gasteiger partial charge in [0.25, 0.3) is 0 Å². The van der Waals surface area contributed by atoms with Gasteiger partial charge in [0, 0.05) is 13.0 Å². The molecule has 0 unspecified atom stereocenters. The fourth-order valence-corrected chi connectivity index (χ4v) is 3.06. The number of unbranched alkanes of at least 4 members (excludes halogenated alkanes) is 14. The number of amides is 3. The Hall–Kier alpha value is -1.32. The topological polar surface area (TPSA) is 58.2 Å². The average molecular weight is 367 g/mol. The number of nitrogens with one attached hydrogen (secondary N) is 2. The Labute approximate surface area is 161 Å². The molecule has 0 bridgehead atoms. The number of carbonyl (C=O) groups is 2. The van der Waals surface area contributed by atoms with Crippen molar-refractivity contribution in [2.45, 2.75) is 110 Å². The van der Waals surface area contributed by atoms with Crippen LogP contribution >= 0.6 is 0 Å². The zero-order valence-electron chi connectivity index (χ0n) is 17.1. The van der Waals surface area contributed by atoms with Crippen LogP contribution in [0.4, 0.5) is 4.79 Å². The van der Waals surface area contributed by atoms with Gasteiger partial charge in [-0.15, -0.1) is 6.58 Å². The molecule has 0 saturated heterocycles. The van der Waals surface area contributed by atoms with Gasteiger partial charge in [-0.1, -0.05) is 103 Å². The number of urea groups is 1. The number of hydrogen-bond donors (Lipinski definition) is 2. The van der Waals surface area contributed by atoms with Crippen LogP contribution in [-0.2, 0) is 4.79 Å². The quantitative estimate of drug-likeness (QED) is 0.222. The predicted octanol–water partition coefficient (Wildman–Crippen LogP) is 6.26. The molecule has 0 aromatic carbocycles. The first kappa shape index (κ1) is 24.7. The van der Waals surface area contributed by atoms with Crippen molar-refractivity contribution in [1.29, 1.82) is 0 Å². The lowest BCUT2D eigenvalue weighted by Gasteiger charge is -2.05. The van der Waals surface area contributed by atoms with Gasteiger partial charge in [-0.25, -0.2) is 4.79 Å². The number of imide groups is 1. The highest BCUT2D eigenvalue weighted by Gasteiger charge is 2.05. The molecule has 0 fully saturated rings. The van der Waals surface area contributed by atoms with Crippen LogP contribution in [0, 0.1) is 0 Å². The molecule has 0 aromatic heterocycles. The second-order valence-electron chi connectivity index (χ2n) is 7.25. The van der Waals surface area contributed by atoms with E-state index in [0.717, 1.165) is 12.8 Å². The highest BCUT2D eigenvalue weighted by molar-refractivity contribution is 5.94. The summed E-state index contributed by atoms with van der Waals surface area (Å²) in [5, 5.41) is 4.86. The smallest absolute Gasteiger partial charge is 0.321 e. The number of rotatable bonds is 18. The minimum Gasteiger partial charge on any atom is -0.334 e. The van der Waals surface area contributed by atoms with Gasteiger partial charge in [0.2, 0.25) is 5.91 Å². The molecule has 26 heavy (non-hydrogen) atoms. The fourth-order valence-electron chi connectivity index (χ4n) is 3.06. The first-order chi connectivity index (χ1) is 12.7. The summed E-state index contributed by atoms with van der Waals surface area (Å²) in [6.45, 7) is 6.15. The van der Waals surface area contributed by atoms with Gasteiger partial charge in [0.05, 0.1) is 0 Å². The molecule has 0 radical (unpaired) electrons. The van der Waals surface area contributed by atoms with Crippen molar-refractivity contribution < 1.29 is 9.59 Å². The molecule has 0 saturated carbocycles. The van der Waals surface area contributed by atoms with Crippen LogP contribution in [0.1, 0.15) is 110 Å². The zero-order valence-corrected chi connectivity index (χ0v) is 17.1. The Bertz CT molecular complexity index is 356. The zero-order chi connectivity index (χ0) is 19.3. The Morgan fingerprint density at radius 2 is 1.15 bits per heavy atom. The van der Waals surface area contributed by atoms with Crippen molar-refractivity contribution in [3.63, 3.8) is 0 Å². The predicted molar refractivity (Wildman–Crippen MR) is 111 cm³/mol. The van der Waals surface area contributed by atoms with Gasteiger partial charge in [0.1, 0.15) is 0 Å². The molecule has 2 N–H and O–H groups in total. The second kappa shape index (κ2) is 20.0. The summed E-state index contributed by atoms with van der Waals surface area (Å²) in [6, 6.07) is -0.434. The molecule has 3 amide bonds. The van der Waals surface area contributed by atoms with Gasteiger partial charge >= 0.3 is 6.03 Å². The van der Waals surface area contributed by atoms with E-state index in [0.29, 0.717) is 13.0 Å². The van der Waals surface area contributed by atoms with E-state index in [1.807, 2.05) is 0 Å². The molecule has 0 rings (SSSR count). The fraction of sp³-hybridized carbons (Fsp3) is 0.818. The molecule has 0 aliphatic carbocycles. The van der Waals surface area contributed by atoms with Crippen molar-refractivity contribution in [1.82, 2.24) is 10.6 Å². The lowest BCUT2D eigenvalue weighted by Crippen LogP contribution is -2.39. The molecule has 0 aliphatic heterocycles. The third kappa shape index (κ3) is 19.0. The minimum absolute atomic E-state index is 0.193. The number of carbonyl (C=O) groups excluding carboxylic acids is 2. The lowest BCUT2D eigenvalue weighted by molar-refractivity contribution is -0.120. The summed E-state index contributed by atoms with van der Waals surface area (Å²) >= 11 is 0. The van der Waals surface area contributed by atoms with Crippen LogP contribution in [0.25, 0.3) is 0 Å². The SMILES string of the molecule is C=CCNC(=O)NC(=O)CCCCCCCCCCCCCCCCC. The van der Waals surface area contributed by atoms with Crippen molar-refractivity contribution in [3.05, 3.63) is 12.7 Å². The van der Waals surface area contributed by atoms with E-state index >= 15 is 0 Å². The Balaban J connectivity index is 3.20. The first-order valence-electron chi connectivity index (χ1n) is 10.9. The molecule has 4 nitrogen and oxygen atoms in total. The molecule has 0 aliphatic rings. The Morgan fingerprint density at radius 1 is 0.731 bits per heavy atom. The van der Waals surface area contributed by atoms with E-state index in [2.05, 4.69) is 24.1 Å². The first-order valence-corrected chi connectivity index (χ1v) is 10.9. The maximum absolute atomic E-state index is 11.6. The summed E-state index contributed by atoms with van der Waals surface area (Å²) in [6.07, 6.45) is 21.6. The number of hydrogen-bond acceptors (Lipinski definition) is 2. The van der Waals surface area contributed by atoms with Crippen LogP contribution in [-0.4, -0.2) is 18.5 Å². The van der Waals surface area contributed by atoms with Gasteiger partial charge in [0.15, 0.2) is 0 Å². The van der Waals surface area contributed by atoms with E-state index in [1.54, 1.807) is 6.08 Å². The van der Waals surface area contributed by atoms with Gasteiger partial charge < -0.3 is 5.32 Å². The lowest BCUT2D eigenvalue weighted by atomic mass is 10.0. The van der Waals surface area contributed by atoms with E-state index in [-0.39, 0.29) is 5.91 Å². The molecule has 4 heteroatoms. The molecule has 0 atom stereocenters. The van der Waals surface area contributed by atoms with Crippen LogP contribution in [0.5, 0.6) is 0 Å². The summed E-state index contributed by atoms with van der Waals surface area (Å²) in [4.78, 5) is 22.8. The molecule has 152 valence electrons. The highest BCUT2D eigenvalue weighted by atomic mass is 16.2. The summed E-state index contributed by atoms with van der Waals surface area (Å²) < 4.78 is 0. The van der Waals surface area contributed by atoms with E-state index in [4.69, 9.17) is 0 Å². The average Bonchev–Trinajstić information content (AvgIpc) is 2.63. The van der Waals surface area contributed by atoms with E-state index < -0.39 is 6.03 Å². The minimum atomic E-state index is -0.434. The summed E-state index contributed by atoms with van der Waals surface area (Å²) in [5.74, 6) is -0.193. The summed E-state index contributed by atoms with van der Waals surface area (Å²) in [7, 11) is 0. The Kier molecular flexibility index (Phi) is 19.0. The second-order valence-corrected chi connectivity index (χ2v) is 7.25. The molecule has 0 spiro atoms. The molecule has 0 aromatic rings. The molecular weight excluding hydrogens is 324 g/mol. The largest absolute Gasteiger partial charge is 0.334 e. The molecule has 0 heterocycles. The normalized spacial score (nSPS) is 10.5. The van der Waals surface area contributed by atoms with Crippen LogP contribution < -0.4 is 10.6 Å². The maximum atomic E-state index is 11.6. The maximum Gasteiger partial charge on any atom is 0.321 e. The van der Waals surface area contributed by atoms with Crippen molar-refractivity contribution >= 4 is 11.9 Å². The van der Waals surface area contributed by atoms with Crippen molar-refractivity contribution in [2.75, 3.05) is 6.54 Å². The van der Waals surface area contributed by atoms with Gasteiger partial charge in [-0.05, 0) is 6.42 Å². The van der Waals surface area contributed by atoms with E-state index in [1.165, 1.54) is 83.5 Å². The molecular formula is C22H42N2O2. The van der Waals surface area contributed by atoms with Crippen molar-refractivity contribution in [3.8, 4) is 0 Å². The highest BCUT2D eigenvalue weighted by Crippen LogP contribution is 2.13. The van der Waals surface area contributed by atoms with Crippen LogP contribution in [0.2, 0.25) is 0 Å². The van der Waals surface area contributed by atoms with Gasteiger partial charge in [-0.3, -0.25) is 10.1 Å². The van der Waals surface area contributed by atoms with Crippen LogP contribution in [0.3, 0.4) is 0 Å².